The molecule has 0 spiro atoms. The Balaban J connectivity index is 2.06. The van der Waals surface area contributed by atoms with Gasteiger partial charge in [-0.25, -0.2) is 4.79 Å². The van der Waals surface area contributed by atoms with Crippen molar-refractivity contribution in [3.63, 3.8) is 0 Å². The van der Waals surface area contributed by atoms with Crippen LogP contribution >= 0.6 is 11.8 Å². The average Bonchev–Trinajstić information content (AvgIpc) is 3.24. The van der Waals surface area contributed by atoms with Gasteiger partial charge in [0.2, 0.25) is 11.8 Å². The van der Waals surface area contributed by atoms with Crippen molar-refractivity contribution in [1.82, 2.24) is 15.5 Å². The van der Waals surface area contributed by atoms with Gasteiger partial charge in [0.05, 0.1) is 11.9 Å². The molecule has 2 fully saturated rings. The third-order valence-corrected chi connectivity index (χ3v) is 8.09. The molecule has 5 N–H and O–H groups in total. The minimum atomic E-state index is -0.823. The summed E-state index contributed by atoms with van der Waals surface area (Å²) >= 11 is 1.61. The molecule has 1 aliphatic carbocycles. The van der Waals surface area contributed by atoms with Crippen LogP contribution in [0.15, 0.2) is 0 Å². The van der Waals surface area contributed by atoms with Gasteiger partial charge in [0, 0.05) is 23.8 Å². The molecular formula is C25H45N5O4S. The van der Waals surface area contributed by atoms with Crippen molar-refractivity contribution in [2.45, 2.75) is 108 Å². The lowest BCUT2D eigenvalue weighted by molar-refractivity contribution is -0.140. The second-order valence-corrected chi connectivity index (χ2v) is 13.1. The van der Waals surface area contributed by atoms with Crippen molar-refractivity contribution in [2.24, 2.45) is 17.6 Å². The van der Waals surface area contributed by atoms with E-state index in [1.54, 1.807) is 30.5 Å². The molecule has 2 aliphatic rings. The standard InChI is InChI=1S/C25H45N5O4S/c1-15(2)34-24(33)29-20(25(5,6)35-16(3)4)23(32)30-13-7-8-19(30)22(31)28-14-17-9-11-18(12-10-17)21(26)27/h15-20H,7-14H2,1-6H3,(H3,26,27)(H,28,31)(H,29,33)/t17-,18-,19-,20-/m0/s1. The number of nitrogens with two attached hydrogens (primary N) is 1. The number of carbonyl (C=O) groups is 3. The maximum atomic E-state index is 13.7. The number of amidine groups is 1. The molecule has 0 aromatic heterocycles. The fourth-order valence-electron chi connectivity index (χ4n) is 5.08. The van der Waals surface area contributed by atoms with E-state index in [4.69, 9.17) is 15.9 Å². The first-order valence-corrected chi connectivity index (χ1v) is 13.8. The van der Waals surface area contributed by atoms with Crippen molar-refractivity contribution < 1.29 is 19.1 Å². The Bertz CT molecular complexity index is 765. The predicted octanol–water partition coefficient (Wildman–Crippen LogP) is 3.26. The summed E-state index contributed by atoms with van der Waals surface area (Å²) < 4.78 is 4.67. The number of hydrogen-bond donors (Lipinski definition) is 4. The van der Waals surface area contributed by atoms with Crippen molar-refractivity contribution in [3.8, 4) is 0 Å². The molecule has 200 valence electrons. The first-order valence-electron chi connectivity index (χ1n) is 12.9. The van der Waals surface area contributed by atoms with E-state index < -0.39 is 22.9 Å². The number of amides is 3. The Morgan fingerprint density at radius 1 is 1.11 bits per heavy atom. The quantitative estimate of drug-likeness (QED) is 0.262. The van der Waals surface area contributed by atoms with Crippen LogP contribution in [0.1, 0.15) is 80.1 Å². The summed E-state index contributed by atoms with van der Waals surface area (Å²) in [6.45, 7) is 12.6. The monoisotopic (exact) mass is 511 g/mol. The van der Waals surface area contributed by atoms with E-state index in [0.717, 1.165) is 32.1 Å². The molecule has 0 aromatic rings. The number of rotatable bonds is 10. The molecule has 1 aliphatic heterocycles. The van der Waals surface area contributed by atoms with E-state index in [-0.39, 0.29) is 34.9 Å². The van der Waals surface area contributed by atoms with Crippen LogP contribution in [-0.2, 0) is 14.3 Å². The van der Waals surface area contributed by atoms with Gasteiger partial charge >= 0.3 is 6.09 Å². The third kappa shape index (κ3) is 8.58. The van der Waals surface area contributed by atoms with E-state index in [2.05, 4.69) is 24.5 Å². The van der Waals surface area contributed by atoms with Gasteiger partial charge in [-0.15, -0.1) is 0 Å². The number of ether oxygens (including phenoxy) is 1. The fraction of sp³-hybridized carbons (Fsp3) is 0.840. The zero-order valence-corrected chi connectivity index (χ0v) is 23.0. The van der Waals surface area contributed by atoms with E-state index >= 15 is 0 Å². The molecule has 0 radical (unpaired) electrons. The Morgan fingerprint density at radius 2 is 1.74 bits per heavy atom. The number of nitrogens with zero attached hydrogens (tertiary/aromatic N) is 1. The van der Waals surface area contributed by atoms with Gasteiger partial charge in [0.15, 0.2) is 0 Å². The van der Waals surface area contributed by atoms with Gasteiger partial charge in [0.1, 0.15) is 12.1 Å². The van der Waals surface area contributed by atoms with Crippen LogP contribution in [0.5, 0.6) is 0 Å². The van der Waals surface area contributed by atoms with Gasteiger partial charge in [-0.3, -0.25) is 15.0 Å². The molecule has 10 heteroatoms. The van der Waals surface area contributed by atoms with Gasteiger partial charge in [-0.05, 0) is 77.4 Å². The minimum Gasteiger partial charge on any atom is -0.447 e. The molecule has 1 saturated heterocycles. The molecule has 35 heavy (non-hydrogen) atoms. The first kappa shape index (κ1) is 29.3. The Kier molecular flexibility index (Phi) is 10.7. The van der Waals surface area contributed by atoms with Gasteiger partial charge in [-0.2, -0.15) is 11.8 Å². The lowest BCUT2D eigenvalue weighted by Gasteiger charge is -2.38. The summed E-state index contributed by atoms with van der Waals surface area (Å²) in [5, 5.41) is 13.7. The largest absolute Gasteiger partial charge is 0.447 e. The Hall–Kier alpha value is -1.97. The van der Waals surface area contributed by atoms with Gasteiger partial charge in [0.25, 0.3) is 0 Å². The van der Waals surface area contributed by atoms with E-state index in [1.807, 2.05) is 13.8 Å². The zero-order valence-electron chi connectivity index (χ0n) is 22.2. The molecule has 1 heterocycles. The van der Waals surface area contributed by atoms with Crippen molar-refractivity contribution in [2.75, 3.05) is 13.1 Å². The highest BCUT2D eigenvalue weighted by atomic mass is 32.2. The van der Waals surface area contributed by atoms with Crippen LogP contribution in [0.2, 0.25) is 0 Å². The molecule has 0 aromatic carbocycles. The van der Waals surface area contributed by atoms with Gasteiger partial charge < -0.3 is 26.0 Å². The van der Waals surface area contributed by atoms with Crippen LogP contribution in [-0.4, -0.2) is 69.9 Å². The molecule has 2 rings (SSSR count). The second-order valence-electron chi connectivity index (χ2n) is 10.9. The normalized spacial score (nSPS) is 23.8. The number of nitrogens with one attached hydrogen (secondary N) is 3. The number of alkyl carbamates (subject to hydrolysis) is 1. The van der Waals surface area contributed by atoms with Crippen molar-refractivity contribution >= 4 is 35.5 Å². The highest BCUT2D eigenvalue weighted by Crippen LogP contribution is 2.34. The van der Waals surface area contributed by atoms with E-state index in [9.17, 15) is 14.4 Å². The highest BCUT2D eigenvalue weighted by Gasteiger charge is 2.44. The maximum Gasteiger partial charge on any atom is 0.408 e. The lowest BCUT2D eigenvalue weighted by Crippen LogP contribution is -2.60. The lowest BCUT2D eigenvalue weighted by atomic mass is 9.81. The van der Waals surface area contributed by atoms with E-state index in [1.165, 1.54) is 0 Å². The number of carbonyl (C=O) groups excluding carboxylic acids is 3. The highest BCUT2D eigenvalue weighted by molar-refractivity contribution is 8.01. The van der Waals surface area contributed by atoms with Crippen LogP contribution in [0.25, 0.3) is 0 Å². The van der Waals surface area contributed by atoms with Crippen LogP contribution < -0.4 is 16.4 Å². The van der Waals surface area contributed by atoms with Crippen LogP contribution in [0.4, 0.5) is 4.79 Å². The first-order chi connectivity index (χ1) is 16.3. The third-order valence-electron chi connectivity index (χ3n) is 6.78. The smallest absolute Gasteiger partial charge is 0.408 e. The summed E-state index contributed by atoms with van der Waals surface area (Å²) in [4.78, 5) is 41.0. The molecular weight excluding hydrogens is 466 g/mol. The molecule has 1 saturated carbocycles. The molecule has 3 amide bonds. The zero-order chi connectivity index (χ0) is 26.3. The number of likely N-dealkylation sites (tertiary alicyclic amines) is 1. The fourth-order valence-corrected chi connectivity index (χ4v) is 6.59. The van der Waals surface area contributed by atoms with Crippen molar-refractivity contribution in [3.05, 3.63) is 0 Å². The summed E-state index contributed by atoms with van der Waals surface area (Å²) in [5.41, 5.74) is 5.64. The summed E-state index contributed by atoms with van der Waals surface area (Å²) in [5.74, 6) is 0.392. The summed E-state index contributed by atoms with van der Waals surface area (Å²) in [6, 6.07) is -1.36. The van der Waals surface area contributed by atoms with Crippen molar-refractivity contribution in [1.29, 1.82) is 5.41 Å². The molecule has 2 atom stereocenters. The SMILES string of the molecule is CC(C)OC(=O)N[C@@H](C(=O)N1CCC[C@H]1C(=O)NC[C@H]1CC[C@H](C(=N)N)CC1)C(C)(C)SC(C)C. The Labute approximate surface area is 214 Å². The van der Waals surface area contributed by atoms with Crippen LogP contribution in [0.3, 0.4) is 0 Å². The Morgan fingerprint density at radius 3 is 2.29 bits per heavy atom. The number of hydrogen-bond acceptors (Lipinski definition) is 6. The number of thioether (sulfide) groups is 1. The summed E-state index contributed by atoms with van der Waals surface area (Å²) in [6.07, 6.45) is 4.05. The van der Waals surface area contributed by atoms with E-state index in [0.29, 0.717) is 25.4 Å². The molecule has 9 nitrogen and oxygen atoms in total. The maximum absolute atomic E-state index is 13.7. The average molecular weight is 512 g/mol. The summed E-state index contributed by atoms with van der Waals surface area (Å²) in [7, 11) is 0. The molecule has 0 bridgehead atoms. The van der Waals surface area contributed by atoms with Crippen LogP contribution in [0, 0.1) is 17.2 Å². The minimum absolute atomic E-state index is 0.137. The topological polar surface area (TPSA) is 138 Å². The second kappa shape index (κ2) is 12.8. The predicted molar refractivity (Wildman–Crippen MR) is 140 cm³/mol. The molecule has 0 unspecified atom stereocenters. The van der Waals surface area contributed by atoms with Gasteiger partial charge in [-0.1, -0.05) is 13.8 Å².